The maximum Gasteiger partial charge on any atom is 0.164 e. The van der Waals surface area contributed by atoms with Crippen LogP contribution in [0.15, 0.2) is 55.0 Å². The van der Waals surface area contributed by atoms with E-state index in [1.54, 1.807) is 6.20 Å². The topological polar surface area (TPSA) is 80.2 Å². The molecule has 0 amide bonds. The molecule has 0 saturated carbocycles. The van der Waals surface area contributed by atoms with E-state index in [0.717, 1.165) is 10.9 Å². The van der Waals surface area contributed by atoms with Crippen molar-refractivity contribution in [2.24, 2.45) is 0 Å². The Morgan fingerprint density at radius 3 is 2.75 bits per heavy atom. The average Bonchev–Trinajstić information content (AvgIpc) is 2.65. The van der Waals surface area contributed by atoms with Crippen LogP contribution in [-0.4, -0.2) is 39.3 Å². The normalized spacial score (nSPS) is 13.6. The zero-order valence-electron chi connectivity index (χ0n) is 13.5. The second-order valence-electron chi connectivity index (χ2n) is 5.52. The van der Waals surface area contributed by atoms with Crippen molar-refractivity contribution < 1.29 is 9.84 Å². The second-order valence-corrected chi connectivity index (χ2v) is 5.52. The Labute approximate surface area is 140 Å². The van der Waals surface area contributed by atoms with Crippen molar-refractivity contribution in [1.82, 2.24) is 15.0 Å². The average molecular weight is 324 g/mol. The molecule has 0 bridgehead atoms. The van der Waals surface area contributed by atoms with Gasteiger partial charge in [0.1, 0.15) is 12.1 Å². The molecular weight excluding hydrogens is 304 g/mol. The fourth-order valence-electron chi connectivity index (χ4n) is 2.39. The Balaban J connectivity index is 1.53. The first-order valence-electron chi connectivity index (χ1n) is 7.88. The molecule has 6 nitrogen and oxygen atoms in total. The SMILES string of the molecule is C[C@@H](OC[C@H](O)CNc1ncnc2ncccc12)c1ccccc1. The van der Waals surface area contributed by atoms with Crippen LogP contribution in [0.2, 0.25) is 0 Å². The van der Waals surface area contributed by atoms with Crippen molar-refractivity contribution in [3.05, 3.63) is 60.6 Å². The van der Waals surface area contributed by atoms with Crippen LogP contribution < -0.4 is 5.32 Å². The van der Waals surface area contributed by atoms with Gasteiger partial charge in [-0.2, -0.15) is 0 Å². The first kappa shape index (κ1) is 16.3. The minimum atomic E-state index is -0.641. The summed E-state index contributed by atoms with van der Waals surface area (Å²) in [5.74, 6) is 0.656. The van der Waals surface area contributed by atoms with Gasteiger partial charge < -0.3 is 15.2 Å². The molecule has 6 heteroatoms. The van der Waals surface area contributed by atoms with Crippen molar-refractivity contribution in [2.45, 2.75) is 19.1 Å². The molecule has 0 aliphatic carbocycles. The minimum Gasteiger partial charge on any atom is -0.389 e. The van der Waals surface area contributed by atoms with Crippen LogP contribution in [0, 0.1) is 0 Å². The Bertz CT molecular complexity index is 777. The van der Waals surface area contributed by atoms with Crippen LogP contribution in [0.25, 0.3) is 11.0 Å². The summed E-state index contributed by atoms with van der Waals surface area (Å²) in [5, 5.41) is 14.1. The fourth-order valence-corrected chi connectivity index (χ4v) is 2.39. The van der Waals surface area contributed by atoms with E-state index in [1.807, 2.05) is 49.4 Å². The van der Waals surface area contributed by atoms with Crippen LogP contribution in [0.4, 0.5) is 5.82 Å². The summed E-state index contributed by atoms with van der Waals surface area (Å²) < 4.78 is 5.73. The molecule has 0 aliphatic heterocycles. The van der Waals surface area contributed by atoms with Gasteiger partial charge in [-0.15, -0.1) is 0 Å². The molecule has 124 valence electrons. The predicted molar refractivity (Wildman–Crippen MR) is 92.6 cm³/mol. The number of aliphatic hydroxyl groups is 1. The highest BCUT2D eigenvalue weighted by Crippen LogP contribution is 2.18. The maximum atomic E-state index is 10.1. The quantitative estimate of drug-likeness (QED) is 0.695. The van der Waals surface area contributed by atoms with Gasteiger partial charge in [0.2, 0.25) is 0 Å². The van der Waals surface area contributed by atoms with Gasteiger partial charge in [0.15, 0.2) is 5.65 Å². The maximum absolute atomic E-state index is 10.1. The molecule has 24 heavy (non-hydrogen) atoms. The zero-order valence-corrected chi connectivity index (χ0v) is 13.5. The van der Waals surface area contributed by atoms with E-state index in [-0.39, 0.29) is 12.7 Å². The summed E-state index contributed by atoms with van der Waals surface area (Å²) in [7, 11) is 0. The van der Waals surface area contributed by atoms with Gasteiger partial charge in [0.05, 0.1) is 24.2 Å². The number of pyridine rings is 1. The van der Waals surface area contributed by atoms with Gasteiger partial charge in [-0.3, -0.25) is 0 Å². The lowest BCUT2D eigenvalue weighted by atomic mass is 10.1. The number of aliphatic hydroxyl groups excluding tert-OH is 1. The number of fused-ring (bicyclic) bond motifs is 1. The predicted octanol–water partition coefficient (Wildman–Crippen LogP) is 2.58. The van der Waals surface area contributed by atoms with E-state index in [2.05, 4.69) is 20.3 Å². The summed E-state index contributed by atoms with van der Waals surface area (Å²) in [6, 6.07) is 13.7. The summed E-state index contributed by atoms with van der Waals surface area (Å²) in [5.41, 5.74) is 1.71. The molecule has 0 fully saturated rings. The van der Waals surface area contributed by atoms with Crippen molar-refractivity contribution in [2.75, 3.05) is 18.5 Å². The van der Waals surface area contributed by atoms with E-state index in [1.165, 1.54) is 6.33 Å². The van der Waals surface area contributed by atoms with Gasteiger partial charge in [0, 0.05) is 12.7 Å². The molecular formula is C18H20N4O2. The fraction of sp³-hybridized carbons (Fsp3) is 0.278. The lowest BCUT2D eigenvalue weighted by Crippen LogP contribution is -2.26. The monoisotopic (exact) mass is 324 g/mol. The molecule has 2 atom stereocenters. The molecule has 0 radical (unpaired) electrons. The zero-order chi connectivity index (χ0) is 16.8. The summed E-state index contributed by atoms with van der Waals surface area (Å²) in [4.78, 5) is 12.5. The number of nitrogens with zero attached hydrogens (tertiary/aromatic N) is 3. The van der Waals surface area contributed by atoms with Crippen molar-refractivity contribution in [3.63, 3.8) is 0 Å². The van der Waals surface area contributed by atoms with Crippen molar-refractivity contribution in [3.8, 4) is 0 Å². The standard InChI is InChI=1S/C18H20N4O2/c1-13(14-6-3-2-4-7-14)24-11-15(23)10-20-18-16-8-5-9-19-17(16)21-12-22-18/h2-9,12-13,15,23H,10-11H2,1H3,(H,19,20,21,22)/t13-,15-/m1/s1. The highest BCUT2D eigenvalue weighted by Gasteiger charge is 2.11. The van der Waals surface area contributed by atoms with Crippen LogP contribution >= 0.6 is 0 Å². The van der Waals surface area contributed by atoms with Gasteiger partial charge in [0.25, 0.3) is 0 Å². The van der Waals surface area contributed by atoms with Crippen LogP contribution in [0.1, 0.15) is 18.6 Å². The first-order valence-corrected chi connectivity index (χ1v) is 7.88. The lowest BCUT2D eigenvalue weighted by molar-refractivity contribution is 0.00242. The smallest absolute Gasteiger partial charge is 0.164 e. The molecule has 0 aliphatic rings. The second kappa shape index (κ2) is 7.81. The number of rotatable bonds is 7. The Kier molecular flexibility index (Phi) is 5.30. The number of ether oxygens (including phenoxy) is 1. The third-order valence-corrected chi connectivity index (χ3v) is 3.72. The number of hydrogen-bond acceptors (Lipinski definition) is 6. The van der Waals surface area contributed by atoms with E-state index in [4.69, 9.17) is 4.74 Å². The minimum absolute atomic E-state index is 0.0649. The van der Waals surface area contributed by atoms with E-state index in [9.17, 15) is 5.11 Å². The van der Waals surface area contributed by atoms with E-state index in [0.29, 0.717) is 18.0 Å². The molecule has 3 rings (SSSR count). The summed E-state index contributed by atoms with van der Waals surface area (Å²) in [6.07, 6.45) is 2.44. The molecule has 1 aromatic carbocycles. The molecule has 0 unspecified atom stereocenters. The molecule has 3 aromatic rings. The Hall–Kier alpha value is -2.57. The lowest BCUT2D eigenvalue weighted by Gasteiger charge is -2.17. The van der Waals surface area contributed by atoms with Gasteiger partial charge in [-0.1, -0.05) is 30.3 Å². The summed E-state index contributed by atoms with van der Waals surface area (Å²) in [6.45, 7) is 2.55. The third-order valence-electron chi connectivity index (χ3n) is 3.72. The van der Waals surface area contributed by atoms with Crippen LogP contribution in [0.3, 0.4) is 0 Å². The molecule has 2 heterocycles. The molecule has 2 aromatic heterocycles. The van der Waals surface area contributed by atoms with E-state index < -0.39 is 6.10 Å². The Morgan fingerprint density at radius 2 is 1.92 bits per heavy atom. The third kappa shape index (κ3) is 4.04. The number of anilines is 1. The highest BCUT2D eigenvalue weighted by atomic mass is 16.5. The first-order chi connectivity index (χ1) is 11.7. The largest absolute Gasteiger partial charge is 0.389 e. The Morgan fingerprint density at radius 1 is 1.08 bits per heavy atom. The molecule has 0 spiro atoms. The van der Waals surface area contributed by atoms with Gasteiger partial charge in [-0.05, 0) is 24.6 Å². The van der Waals surface area contributed by atoms with Crippen molar-refractivity contribution in [1.29, 1.82) is 0 Å². The van der Waals surface area contributed by atoms with Gasteiger partial charge in [-0.25, -0.2) is 15.0 Å². The number of nitrogens with one attached hydrogen (secondary N) is 1. The number of aromatic nitrogens is 3. The highest BCUT2D eigenvalue weighted by molar-refractivity contribution is 5.85. The number of hydrogen-bond donors (Lipinski definition) is 2. The molecule has 0 saturated heterocycles. The number of benzene rings is 1. The summed E-state index contributed by atoms with van der Waals surface area (Å²) >= 11 is 0. The van der Waals surface area contributed by atoms with Crippen LogP contribution in [0.5, 0.6) is 0 Å². The van der Waals surface area contributed by atoms with Crippen molar-refractivity contribution >= 4 is 16.9 Å². The van der Waals surface area contributed by atoms with E-state index >= 15 is 0 Å². The van der Waals surface area contributed by atoms with Gasteiger partial charge >= 0.3 is 0 Å². The molecule has 2 N–H and O–H groups in total. The van der Waals surface area contributed by atoms with Crippen LogP contribution in [-0.2, 0) is 4.74 Å².